The highest BCUT2D eigenvalue weighted by atomic mass is 79.9. The summed E-state index contributed by atoms with van der Waals surface area (Å²) in [5.74, 6) is 0.789. The first-order valence-corrected chi connectivity index (χ1v) is 5.26. The number of nitriles is 1. The normalized spacial score (nSPS) is 10.2. The van der Waals surface area contributed by atoms with Gasteiger partial charge >= 0.3 is 0 Å². The lowest BCUT2D eigenvalue weighted by Gasteiger charge is -2.03. The van der Waals surface area contributed by atoms with Gasteiger partial charge in [0.05, 0.1) is 25.1 Å². The Kier molecular flexibility index (Phi) is 2.65. The van der Waals surface area contributed by atoms with E-state index in [2.05, 4.69) is 27.0 Å². The minimum Gasteiger partial charge on any atom is -0.495 e. The van der Waals surface area contributed by atoms with Gasteiger partial charge in [0.1, 0.15) is 5.75 Å². The lowest BCUT2D eigenvalue weighted by atomic mass is 10.1. The first kappa shape index (κ1) is 10.1. The van der Waals surface area contributed by atoms with Crippen LogP contribution in [0.1, 0.15) is 5.56 Å². The lowest BCUT2D eigenvalue weighted by molar-refractivity contribution is 0.419. The predicted molar refractivity (Wildman–Crippen MR) is 61.9 cm³/mol. The van der Waals surface area contributed by atoms with Gasteiger partial charge in [0.15, 0.2) is 0 Å². The Morgan fingerprint density at radius 1 is 1.53 bits per heavy atom. The van der Waals surface area contributed by atoms with Crippen LogP contribution in [-0.2, 0) is 6.42 Å². The van der Waals surface area contributed by atoms with Crippen molar-refractivity contribution in [2.45, 2.75) is 6.42 Å². The molecule has 2 rings (SSSR count). The van der Waals surface area contributed by atoms with Crippen molar-refractivity contribution >= 4 is 26.8 Å². The van der Waals surface area contributed by atoms with Crippen molar-refractivity contribution in [2.24, 2.45) is 0 Å². The zero-order valence-electron chi connectivity index (χ0n) is 8.17. The van der Waals surface area contributed by atoms with Gasteiger partial charge in [-0.15, -0.1) is 0 Å². The van der Waals surface area contributed by atoms with Gasteiger partial charge in [0.2, 0.25) is 0 Å². The second-order valence-corrected chi connectivity index (χ2v) is 4.00. The highest BCUT2D eigenvalue weighted by Crippen LogP contribution is 2.33. The molecule has 1 N–H and O–H groups in total. The van der Waals surface area contributed by atoms with E-state index < -0.39 is 0 Å². The van der Waals surface area contributed by atoms with E-state index in [1.165, 1.54) is 0 Å². The van der Waals surface area contributed by atoms with Crippen LogP contribution in [0.15, 0.2) is 22.8 Å². The molecule has 4 heteroatoms. The third kappa shape index (κ3) is 1.59. The highest BCUT2D eigenvalue weighted by Gasteiger charge is 2.10. The molecule has 3 nitrogen and oxygen atoms in total. The fourth-order valence-electron chi connectivity index (χ4n) is 1.64. The second kappa shape index (κ2) is 3.95. The Morgan fingerprint density at radius 3 is 3.00 bits per heavy atom. The van der Waals surface area contributed by atoms with Crippen molar-refractivity contribution in [3.8, 4) is 11.8 Å². The predicted octanol–water partition coefficient (Wildman–Crippen LogP) is 3.01. The summed E-state index contributed by atoms with van der Waals surface area (Å²) < 4.78 is 6.22. The fourth-order valence-corrected chi connectivity index (χ4v) is 2.23. The number of ether oxygens (including phenoxy) is 1. The van der Waals surface area contributed by atoms with Crippen LogP contribution in [0.3, 0.4) is 0 Å². The van der Waals surface area contributed by atoms with Gasteiger partial charge in [0, 0.05) is 16.1 Å². The largest absolute Gasteiger partial charge is 0.495 e. The van der Waals surface area contributed by atoms with Gasteiger partial charge in [-0.1, -0.05) is 15.9 Å². The maximum Gasteiger partial charge on any atom is 0.142 e. The van der Waals surface area contributed by atoms with Crippen molar-refractivity contribution in [1.82, 2.24) is 4.98 Å². The van der Waals surface area contributed by atoms with Crippen LogP contribution in [0.5, 0.6) is 5.75 Å². The highest BCUT2D eigenvalue weighted by molar-refractivity contribution is 9.10. The van der Waals surface area contributed by atoms with E-state index in [0.717, 1.165) is 26.7 Å². The zero-order valence-corrected chi connectivity index (χ0v) is 9.76. The van der Waals surface area contributed by atoms with Gasteiger partial charge in [-0.25, -0.2) is 0 Å². The summed E-state index contributed by atoms with van der Waals surface area (Å²) >= 11 is 3.48. The number of aromatic amines is 1. The molecule has 0 aliphatic carbocycles. The topological polar surface area (TPSA) is 48.8 Å². The summed E-state index contributed by atoms with van der Waals surface area (Å²) in [4.78, 5) is 3.13. The maximum atomic E-state index is 8.70. The van der Waals surface area contributed by atoms with Crippen molar-refractivity contribution < 1.29 is 4.74 Å². The molecule has 0 unspecified atom stereocenters. The van der Waals surface area contributed by atoms with Crippen LogP contribution in [0.4, 0.5) is 0 Å². The molecule has 0 saturated heterocycles. The molecule has 0 saturated carbocycles. The van der Waals surface area contributed by atoms with Crippen LogP contribution in [0, 0.1) is 11.3 Å². The van der Waals surface area contributed by atoms with Crippen LogP contribution in [-0.4, -0.2) is 12.1 Å². The van der Waals surface area contributed by atoms with E-state index in [1.807, 2.05) is 18.3 Å². The van der Waals surface area contributed by atoms with Crippen LogP contribution >= 0.6 is 15.9 Å². The maximum absolute atomic E-state index is 8.70. The molecule has 0 bridgehead atoms. The molecule has 15 heavy (non-hydrogen) atoms. The summed E-state index contributed by atoms with van der Waals surface area (Å²) in [5.41, 5.74) is 1.91. The number of hydrogen-bond acceptors (Lipinski definition) is 2. The van der Waals surface area contributed by atoms with E-state index in [1.54, 1.807) is 7.11 Å². The van der Waals surface area contributed by atoms with Crippen LogP contribution in [0.2, 0.25) is 0 Å². The number of methoxy groups -OCH3 is 1. The molecule has 2 aromatic rings. The number of halogens is 1. The molecule has 0 atom stereocenters. The Bertz CT molecular complexity index is 539. The first-order chi connectivity index (χ1) is 7.27. The Labute approximate surface area is 95.8 Å². The molecule has 1 aromatic heterocycles. The number of H-pyrrole nitrogens is 1. The van der Waals surface area contributed by atoms with E-state index in [9.17, 15) is 0 Å². The van der Waals surface area contributed by atoms with Gasteiger partial charge < -0.3 is 9.72 Å². The summed E-state index contributed by atoms with van der Waals surface area (Å²) in [6.45, 7) is 0. The number of nitrogens with one attached hydrogen (secondary N) is 1. The number of fused-ring (bicyclic) bond motifs is 1. The molecule has 0 amide bonds. The summed E-state index contributed by atoms with van der Waals surface area (Å²) in [6.07, 6.45) is 2.24. The average Bonchev–Trinajstić information content (AvgIpc) is 2.64. The van der Waals surface area contributed by atoms with E-state index >= 15 is 0 Å². The Balaban J connectivity index is 2.74. The van der Waals surface area contributed by atoms with Gasteiger partial charge in [-0.05, 0) is 17.7 Å². The van der Waals surface area contributed by atoms with Crippen molar-refractivity contribution in [3.63, 3.8) is 0 Å². The summed E-state index contributed by atoms with van der Waals surface area (Å²) in [5, 5.41) is 9.73. The van der Waals surface area contributed by atoms with E-state index in [-0.39, 0.29) is 0 Å². The average molecular weight is 265 g/mol. The van der Waals surface area contributed by atoms with Crippen LogP contribution < -0.4 is 4.74 Å². The van der Waals surface area contributed by atoms with E-state index in [4.69, 9.17) is 10.00 Å². The number of benzene rings is 1. The molecule has 76 valence electrons. The molecule has 0 aliphatic heterocycles. The van der Waals surface area contributed by atoms with Gasteiger partial charge in [-0.2, -0.15) is 5.26 Å². The van der Waals surface area contributed by atoms with E-state index in [0.29, 0.717) is 6.42 Å². The Morgan fingerprint density at radius 2 is 2.33 bits per heavy atom. The standard InChI is InChI=1S/C11H9BrN2O/c1-15-9-3-2-8(12)10-7(4-5-13)6-14-11(9)10/h2-3,6,14H,4H2,1H3. The SMILES string of the molecule is COc1ccc(Br)c2c(CC#N)c[nH]c12. The van der Waals surface area contributed by atoms with Crippen molar-refractivity contribution in [3.05, 3.63) is 28.4 Å². The molecule has 0 radical (unpaired) electrons. The molecule has 0 fully saturated rings. The number of rotatable bonds is 2. The molecule has 0 spiro atoms. The second-order valence-electron chi connectivity index (χ2n) is 3.15. The number of aromatic nitrogens is 1. The Hall–Kier alpha value is -1.47. The third-order valence-electron chi connectivity index (χ3n) is 2.32. The quantitative estimate of drug-likeness (QED) is 0.907. The molecular formula is C11H9BrN2O. The number of nitrogens with zero attached hydrogens (tertiary/aromatic N) is 1. The number of hydrogen-bond donors (Lipinski definition) is 1. The molecular weight excluding hydrogens is 256 g/mol. The zero-order chi connectivity index (χ0) is 10.8. The molecule has 0 aliphatic rings. The smallest absolute Gasteiger partial charge is 0.142 e. The van der Waals surface area contributed by atoms with Gasteiger partial charge in [-0.3, -0.25) is 0 Å². The third-order valence-corrected chi connectivity index (χ3v) is 2.98. The van der Waals surface area contributed by atoms with Gasteiger partial charge in [0.25, 0.3) is 0 Å². The van der Waals surface area contributed by atoms with Crippen LogP contribution in [0.25, 0.3) is 10.9 Å². The van der Waals surface area contributed by atoms with Crippen molar-refractivity contribution in [2.75, 3.05) is 7.11 Å². The summed E-state index contributed by atoms with van der Waals surface area (Å²) in [6, 6.07) is 5.96. The minimum absolute atomic E-state index is 0.395. The first-order valence-electron chi connectivity index (χ1n) is 4.47. The minimum atomic E-state index is 0.395. The lowest BCUT2D eigenvalue weighted by Crippen LogP contribution is -1.85. The monoisotopic (exact) mass is 264 g/mol. The van der Waals surface area contributed by atoms with Crippen molar-refractivity contribution in [1.29, 1.82) is 5.26 Å². The molecule has 1 aromatic carbocycles. The summed E-state index contributed by atoms with van der Waals surface area (Å²) in [7, 11) is 1.63. The fraction of sp³-hybridized carbons (Fsp3) is 0.182. The molecule has 1 heterocycles.